The summed E-state index contributed by atoms with van der Waals surface area (Å²) in [5.41, 5.74) is 3.04. The Labute approximate surface area is 139 Å². The van der Waals surface area contributed by atoms with Gasteiger partial charge in [-0.2, -0.15) is 0 Å². The molecule has 1 aliphatic rings. The molecule has 21 heavy (non-hydrogen) atoms. The lowest BCUT2D eigenvalue weighted by Crippen LogP contribution is -2.34. The van der Waals surface area contributed by atoms with Crippen LogP contribution in [0.5, 0.6) is 0 Å². The van der Waals surface area contributed by atoms with E-state index in [1.54, 1.807) is 5.56 Å². The van der Waals surface area contributed by atoms with E-state index in [1.165, 1.54) is 75.5 Å². The first kappa shape index (κ1) is 16.9. The molecule has 2 rings (SSSR count). The maximum Gasteiger partial charge on any atom is 0.0398 e. The molecular formula is C19H30BrN. The van der Waals surface area contributed by atoms with Gasteiger partial charge in [-0.25, -0.2) is 0 Å². The Morgan fingerprint density at radius 3 is 2.43 bits per heavy atom. The van der Waals surface area contributed by atoms with Crippen molar-refractivity contribution in [2.75, 3.05) is 23.3 Å². The first-order chi connectivity index (χ1) is 10.3. The zero-order chi connectivity index (χ0) is 14.9. The predicted molar refractivity (Wildman–Crippen MR) is 97.6 cm³/mol. The maximum absolute atomic E-state index is 3.50. The fourth-order valence-corrected chi connectivity index (χ4v) is 3.80. The van der Waals surface area contributed by atoms with Gasteiger partial charge in [0, 0.05) is 24.1 Å². The standard InChI is InChI=1S/C19H30BrN/c1-17-15-18-11-7-8-12-19(18)21(16-17)14-10-6-4-2-3-5-9-13-20/h7-8,11-12,17H,2-6,9-10,13-16H2,1H3. The van der Waals surface area contributed by atoms with E-state index in [2.05, 4.69) is 52.0 Å². The Morgan fingerprint density at radius 1 is 1.00 bits per heavy atom. The quantitative estimate of drug-likeness (QED) is 0.400. The fraction of sp³-hybridized carbons (Fsp3) is 0.684. The molecule has 1 aliphatic heterocycles. The van der Waals surface area contributed by atoms with E-state index >= 15 is 0 Å². The lowest BCUT2D eigenvalue weighted by Gasteiger charge is -2.35. The second-order valence-electron chi connectivity index (χ2n) is 6.55. The number of benzene rings is 1. The summed E-state index contributed by atoms with van der Waals surface area (Å²) in [6, 6.07) is 8.98. The number of anilines is 1. The van der Waals surface area contributed by atoms with Gasteiger partial charge in [0.05, 0.1) is 0 Å². The number of rotatable bonds is 9. The zero-order valence-corrected chi connectivity index (χ0v) is 15.1. The average molecular weight is 352 g/mol. The normalized spacial score (nSPS) is 17.8. The van der Waals surface area contributed by atoms with Crippen molar-refractivity contribution in [3.63, 3.8) is 0 Å². The van der Waals surface area contributed by atoms with Crippen LogP contribution in [0.4, 0.5) is 5.69 Å². The second-order valence-corrected chi connectivity index (χ2v) is 7.34. The van der Waals surface area contributed by atoms with Gasteiger partial charge in [0.15, 0.2) is 0 Å². The number of halogens is 1. The van der Waals surface area contributed by atoms with Crippen LogP contribution in [0.25, 0.3) is 0 Å². The molecule has 0 bridgehead atoms. The Hall–Kier alpha value is -0.500. The van der Waals surface area contributed by atoms with Crippen LogP contribution >= 0.6 is 15.9 Å². The first-order valence-corrected chi connectivity index (χ1v) is 9.82. The van der Waals surface area contributed by atoms with E-state index in [0.29, 0.717) is 0 Å². The lowest BCUT2D eigenvalue weighted by molar-refractivity contribution is 0.515. The van der Waals surface area contributed by atoms with Gasteiger partial charge in [0.1, 0.15) is 0 Å². The Bertz CT molecular complexity index is 404. The Kier molecular flexibility index (Phi) is 7.63. The number of hydrogen-bond acceptors (Lipinski definition) is 1. The number of nitrogens with zero attached hydrogens (tertiary/aromatic N) is 1. The molecule has 0 saturated carbocycles. The van der Waals surface area contributed by atoms with Gasteiger partial charge in [0.2, 0.25) is 0 Å². The summed E-state index contributed by atoms with van der Waals surface area (Å²) in [6.45, 7) is 4.86. The van der Waals surface area contributed by atoms with Gasteiger partial charge >= 0.3 is 0 Å². The van der Waals surface area contributed by atoms with Gasteiger partial charge in [-0.3, -0.25) is 0 Å². The van der Waals surface area contributed by atoms with E-state index in [-0.39, 0.29) is 0 Å². The molecule has 0 fully saturated rings. The predicted octanol–water partition coefficient (Wildman–Crippen LogP) is 5.81. The fourth-order valence-electron chi connectivity index (χ4n) is 3.40. The highest BCUT2D eigenvalue weighted by atomic mass is 79.9. The molecule has 0 saturated heterocycles. The number of para-hydroxylation sites is 1. The topological polar surface area (TPSA) is 3.24 Å². The van der Waals surface area contributed by atoms with Crippen molar-refractivity contribution in [3.05, 3.63) is 29.8 Å². The maximum atomic E-state index is 3.50. The van der Waals surface area contributed by atoms with Gasteiger partial charge in [-0.15, -0.1) is 0 Å². The highest BCUT2D eigenvalue weighted by Gasteiger charge is 2.20. The van der Waals surface area contributed by atoms with Crippen LogP contribution in [-0.2, 0) is 6.42 Å². The smallest absolute Gasteiger partial charge is 0.0398 e. The van der Waals surface area contributed by atoms with Crippen LogP contribution in [0.3, 0.4) is 0 Å². The zero-order valence-electron chi connectivity index (χ0n) is 13.5. The van der Waals surface area contributed by atoms with Crippen molar-refractivity contribution in [3.8, 4) is 0 Å². The van der Waals surface area contributed by atoms with Crippen LogP contribution in [0.1, 0.15) is 57.4 Å². The molecule has 1 unspecified atom stereocenters. The summed E-state index contributed by atoms with van der Waals surface area (Å²) in [5, 5.41) is 1.17. The van der Waals surface area contributed by atoms with Crippen molar-refractivity contribution < 1.29 is 0 Å². The summed E-state index contributed by atoms with van der Waals surface area (Å²) in [5.74, 6) is 0.796. The molecule has 118 valence electrons. The highest BCUT2D eigenvalue weighted by Crippen LogP contribution is 2.29. The van der Waals surface area contributed by atoms with Crippen molar-refractivity contribution in [2.45, 2.75) is 58.3 Å². The molecule has 1 atom stereocenters. The second kappa shape index (κ2) is 9.50. The van der Waals surface area contributed by atoms with Crippen LogP contribution in [0, 0.1) is 5.92 Å². The van der Waals surface area contributed by atoms with Crippen LogP contribution in [0.15, 0.2) is 24.3 Å². The first-order valence-electron chi connectivity index (χ1n) is 8.70. The van der Waals surface area contributed by atoms with Crippen LogP contribution < -0.4 is 4.90 Å². The molecule has 0 spiro atoms. The minimum atomic E-state index is 0.796. The van der Waals surface area contributed by atoms with Crippen molar-refractivity contribution >= 4 is 21.6 Å². The third-order valence-electron chi connectivity index (χ3n) is 4.49. The number of fused-ring (bicyclic) bond motifs is 1. The summed E-state index contributed by atoms with van der Waals surface area (Å²) >= 11 is 3.50. The van der Waals surface area contributed by atoms with Gasteiger partial charge in [0.25, 0.3) is 0 Å². The van der Waals surface area contributed by atoms with Crippen molar-refractivity contribution in [1.82, 2.24) is 0 Å². The minimum absolute atomic E-state index is 0.796. The summed E-state index contributed by atoms with van der Waals surface area (Å²) < 4.78 is 0. The van der Waals surface area contributed by atoms with E-state index < -0.39 is 0 Å². The van der Waals surface area contributed by atoms with Gasteiger partial charge < -0.3 is 4.90 Å². The third-order valence-corrected chi connectivity index (χ3v) is 5.06. The van der Waals surface area contributed by atoms with E-state index in [1.807, 2.05) is 0 Å². The summed E-state index contributed by atoms with van der Waals surface area (Å²) in [6.07, 6.45) is 11.0. The number of alkyl halides is 1. The largest absolute Gasteiger partial charge is 0.371 e. The molecule has 1 heterocycles. The molecule has 0 aromatic heterocycles. The molecular weight excluding hydrogens is 322 g/mol. The molecule has 1 aromatic rings. The third kappa shape index (κ3) is 5.65. The van der Waals surface area contributed by atoms with E-state index in [9.17, 15) is 0 Å². The summed E-state index contributed by atoms with van der Waals surface area (Å²) in [7, 11) is 0. The number of unbranched alkanes of at least 4 members (excludes halogenated alkanes) is 6. The Balaban J connectivity index is 1.67. The van der Waals surface area contributed by atoms with Crippen molar-refractivity contribution in [2.24, 2.45) is 5.92 Å². The molecule has 0 aliphatic carbocycles. The van der Waals surface area contributed by atoms with Crippen LogP contribution in [-0.4, -0.2) is 18.4 Å². The summed E-state index contributed by atoms with van der Waals surface area (Å²) in [4.78, 5) is 2.62. The van der Waals surface area contributed by atoms with Gasteiger partial charge in [-0.1, -0.05) is 73.2 Å². The molecule has 1 nitrogen and oxygen atoms in total. The van der Waals surface area contributed by atoms with Crippen molar-refractivity contribution in [1.29, 1.82) is 0 Å². The average Bonchev–Trinajstić information content (AvgIpc) is 2.49. The van der Waals surface area contributed by atoms with E-state index in [4.69, 9.17) is 0 Å². The van der Waals surface area contributed by atoms with E-state index in [0.717, 1.165) is 5.92 Å². The molecule has 0 N–H and O–H groups in total. The lowest BCUT2D eigenvalue weighted by atomic mass is 9.93. The van der Waals surface area contributed by atoms with Gasteiger partial charge in [-0.05, 0) is 36.8 Å². The number of hydrogen-bond donors (Lipinski definition) is 0. The Morgan fingerprint density at radius 2 is 1.67 bits per heavy atom. The molecule has 2 heteroatoms. The molecule has 0 amide bonds. The SMILES string of the molecule is CC1Cc2ccccc2N(CCCCCCCCCBr)C1. The van der Waals surface area contributed by atoms with Crippen LogP contribution in [0.2, 0.25) is 0 Å². The monoisotopic (exact) mass is 351 g/mol. The molecule has 0 radical (unpaired) electrons. The minimum Gasteiger partial charge on any atom is -0.371 e. The molecule has 1 aromatic carbocycles. The highest BCUT2D eigenvalue weighted by molar-refractivity contribution is 9.09.